The van der Waals surface area contributed by atoms with Gasteiger partial charge in [0.25, 0.3) is 0 Å². The number of aromatic nitrogens is 4. The molecule has 0 aliphatic rings. The van der Waals surface area contributed by atoms with E-state index in [-0.39, 0.29) is 0 Å². The molecule has 3 aromatic heterocycles. The summed E-state index contributed by atoms with van der Waals surface area (Å²) in [4.78, 5) is 13.1. The van der Waals surface area contributed by atoms with Crippen LogP contribution in [0.4, 0.5) is 0 Å². The molecule has 102 valence electrons. The molecule has 0 amide bonds. The summed E-state index contributed by atoms with van der Waals surface area (Å²) < 4.78 is 12.3. The minimum atomic E-state index is 0.466. The lowest BCUT2D eigenvalue weighted by molar-refractivity contribution is 0.373. The van der Waals surface area contributed by atoms with Crippen LogP contribution in [-0.2, 0) is 7.05 Å². The third-order valence-corrected chi connectivity index (χ3v) is 3.11. The maximum atomic E-state index is 5.18. The maximum Gasteiger partial charge on any atom is 0.220 e. The van der Waals surface area contributed by atoms with E-state index >= 15 is 0 Å². The molecular formula is C14H14N4O2. The lowest BCUT2D eigenvalue weighted by Crippen LogP contribution is -1.98. The van der Waals surface area contributed by atoms with E-state index < -0.39 is 0 Å². The van der Waals surface area contributed by atoms with Gasteiger partial charge in [-0.25, -0.2) is 4.98 Å². The Bertz CT molecular complexity index is 745. The number of aryl methyl sites for hydroxylation is 1. The van der Waals surface area contributed by atoms with E-state index in [9.17, 15) is 0 Å². The van der Waals surface area contributed by atoms with Crippen molar-refractivity contribution in [3.63, 3.8) is 0 Å². The zero-order valence-corrected chi connectivity index (χ0v) is 11.5. The summed E-state index contributed by atoms with van der Waals surface area (Å²) in [6, 6.07) is 5.52. The van der Waals surface area contributed by atoms with Crippen LogP contribution in [0.3, 0.4) is 0 Å². The Hall–Kier alpha value is -2.63. The molecule has 3 aromatic rings. The minimum Gasteiger partial charge on any atom is -0.481 e. The number of hydrogen-bond donors (Lipinski definition) is 0. The van der Waals surface area contributed by atoms with Gasteiger partial charge in [0.15, 0.2) is 5.82 Å². The van der Waals surface area contributed by atoms with Gasteiger partial charge in [0, 0.05) is 30.4 Å². The van der Waals surface area contributed by atoms with Crippen molar-refractivity contribution >= 4 is 11.0 Å². The monoisotopic (exact) mass is 270 g/mol. The number of methoxy groups -OCH3 is 2. The van der Waals surface area contributed by atoms with Crippen molar-refractivity contribution in [3.05, 3.63) is 30.6 Å². The van der Waals surface area contributed by atoms with E-state index in [0.717, 1.165) is 16.6 Å². The fraction of sp³-hybridized carbons (Fsp3) is 0.214. The van der Waals surface area contributed by atoms with Crippen LogP contribution in [0.25, 0.3) is 22.4 Å². The Morgan fingerprint density at radius 2 is 1.75 bits per heavy atom. The summed E-state index contributed by atoms with van der Waals surface area (Å²) in [5, 5.41) is 0.991. The quantitative estimate of drug-likeness (QED) is 0.729. The molecule has 0 saturated heterocycles. The SMILES string of the molecule is COc1cc(OC)nc(-c2ccnc3c2ccn3C)n1. The standard InChI is InChI=1S/C14H14N4O2/c1-18-7-5-10-9(4-6-15-14(10)18)13-16-11(19-2)8-12(17-13)20-3/h4-8H,1-3H3. The third-order valence-electron chi connectivity index (χ3n) is 3.11. The van der Waals surface area contributed by atoms with Gasteiger partial charge in [-0.1, -0.05) is 0 Å². The first-order chi connectivity index (χ1) is 9.72. The van der Waals surface area contributed by atoms with Gasteiger partial charge >= 0.3 is 0 Å². The molecule has 0 atom stereocenters. The Morgan fingerprint density at radius 1 is 1.05 bits per heavy atom. The highest BCUT2D eigenvalue weighted by Gasteiger charge is 2.12. The predicted octanol–water partition coefficient (Wildman–Crippen LogP) is 2.05. The van der Waals surface area contributed by atoms with E-state index in [1.165, 1.54) is 0 Å². The number of rotatable bonds is 3. The second-order valence-electron chi connectivity index (χ2n) is 4.30. The first-order valence-electron chi connectivity index (χ1n) is 6.10. The Labute approximate surface area is 116 Å². The fourth-order valence-corrected chi connectivity index (χ4v) is 2.09. The summed E-state index contributed by atoms with van der Waals surface area (Å²) in [6.45, 7) is 0. The van der Waals surface area contributed by atoms with Crippen molar-refractivity contribution in [2.45, 2.75) is 0 Å². The molecule has 6 nitrogen and oxygen atoms in total. The summed E-state index contributed by atoms with van der Waals surface area (Å²) in [6.07, 6.45) is 3.70. The molecule has 0 aliphatic heterocycles. The largest absolute Gasteiger partial charge is 0.481 e. The number of hydrogen-bond acceptors (Lipinski definition) is 5. The molecule has 0 saturated carbocycles. The second-order valence-corrected chi connectivity index (χ2v) is 4.30. The number of fused-ring (bicyclic) bond motifs is 1. The molecule has 0 radical (unpaired) electrons. The third kappa shape index (κ3) is 1.95. The van der Waals surface area contributed by atoms with E-state index in [2.05, 4.69) is 15.0 Å². The van der Waals surface area contributed by atoms with Crippen LogP contribution < -0.4 is 9.47 Å². The van der Waals surface area contributed by atoms with Gasteiger partial charge in [-0.15, -0.1) is 0 Å². The van der Waals surface area contributed by atoms with Gasteiger partial charge in [-0.05, 0) is 12.1 Å². The zero-order valence-electron chi connectivity index (χ0n) is 11.5. The molecule has 0 fully saturated rings. The molecule has 3 heterocycles. The van der Waals surface area contributed by atoms with Gasteiger partial charge in [-0.3, -0.25) is 0 Å². The molecule has 0 N–H and O–H groups in total. The van der Waals surface area contributed by atoms with Crippen molar-refractivity contribution in [1.29, 1.82) is 0 Å². The summed E-state index contributed by atoms with van der Waals surface area (Å²) in [5.74, 6) is 1.49. The van der Waals surface area contributed by atoms with E-state index in [0.29, 0.717) is 17.6 Å². The average Bonchev–Trinajstić information content (AvgIpc) is 2.88. The Balaban J connectivity index is 2.24. The predicted molar refractivity (Wildman–Crippen MR) is 74.8 cm³/mol. The van der Waals surface area contributed by atoms with E-state index in [4.69, 9.17) is 9.47 Å². The lowest BCUT2D eigenvalue weighted by atomic mass is 10.2. The molecule has 3 rings (SSSR count). The van der Waals surface area contributed by atoms with Crippen LogP contribution in [-0.4, -0.2) is 33.7 Å². The molecule has 0 aliphatic carbocycles. The van der Waals surface area contributed by atoms with Gasteiger partial charge < -0.3 is 14.0 Å². The Kier molecular flexibility index (Phi) is 2.98. The van der Waals surface area contributed by atoms with Gasteiger partial charge in [0.05, 0.1) is 20.3 Å². The molecule has 0 unspecified atom stereocenters. The van der Waals surface area contributed by atoms with E-state index in [1.807, 2.05) is 29.9 Å². The number of nitrogens with zero attached hydrogens (tertiary/aromatic N) is 4. The molecule has 20 heavy (non-hydrogen) atoms. The average molecular weight is 270 g/mol. The lowest BCUT2D eigenvalue weighted by Gasteiger charge is -2.07. The highest BCUT2D eigenvalue weighted by atomic mass is 16.5. The summed E-state index contributed by atoms with van der Waals surface area (Å²) in [7, 11) is 5.08. The van der Waals surface area contributed by atoms with Crippen LogP contribution in [0.2, 0.25) is 0 Å². The summed E-state index contributed by atoms with van der Waals surface area (Å²) in [5.41, 5.74) is 1.78. The fourth-order valence-electron chi connectivity index (χ4n) is 2.09. The Morgan fingerprint density at radius 3 is 2.40 bits per heavy atom. The topological polar surface area (TPSA) is 62.1 Å². The van der Waals surface area contributed by atoms with Gasteiger partial charge in [-0.2, -0.15) is 9.97 Å². The van der Waals surface area contributed by atoms with Crippen LogP contribution in [0.15, 0.2) is 30.6 Å². The molecular weight excluding hydrogens is 256 g/mol. The number of pyridine rings is 1. The van der Waals surface area contributed by atoms with E-state index in [1.54, 1.807) is 26.5 Å². The first kappa shape index (κ1) is 12.4. The molecule has 0 spiro atoms. The summed E-state index contributed by atoms with van der Waals surface area (Å²) >= 11 is 0. The highest BCUT2D eigenvalue weighted by Crippen LogP contribution is 2.28. The number of ether oxygens (including phenoxy) is 2. The first-order valence-corrected chi connectivity index (χ1v) is 6.10. The van der Waals surface area contributed by atoms with Crippen molar-refractivity contribution in [1.82, 2.24) is 19.5 Å². The van der Waals surface area contributed by atoms with Crippen LogP contribution in [0, 0.1) is 0 Å². The normalized spacial score (nSPS) is 10.8. The maximum absolute atomic E-state index is 5.18. The van der Waals surface area contributed by atoms with Crippen molar-refractivity contribution in [2.24, 2.45) is 7.05 Å². The van der Waals surface area contributed by atoms with Crippen LogP contribution in [0.1, 0.15) is 0 Å². The highest BCUT2D eigenvalue weighted by molar-refractivity contribution is 5.91. The van der Waals surface area contributed by atoms with Crippen molar-refractivity contribution in [3.8, 4) is 23.1 Å². The van der Waals surface area contributed by atoms with Crippen LogP contribution >= 0.6 is 0 Å². The molecule has 6 heteroatoms. The van der Waals surface area contributed by atoms with Crippen molar-refractivity contribution < 1.29 is 9.47 Å². The zero-order chi connectivity index (χ0) is 14.1. The minimum absolute atomic E-state index is 0.466. The molecule has 0 aromatic carbocycles. The smallest absolute Gasteiger partial charge is 0.220 e. The molecule has 0 bridgehead atoms. The van der Waals surface area contributed by atoms with Crippen LogP contribution in [0.5, 0.6) is 11.8 Å². The van der Waals surface area contributed by atoms with Gasteiger partial charge in [0.1, 0.15) is 5.65 Å². The van der Waals surface area contributed by atoms with Crippen molar-refractivity contribution in [2.75, 3.05) is 14.2 Å². The van der Waals surface area contributed by atoms with Gasteiger partial charge in [0.2, 0.25) is 11.8 Å². The second kappa shape index (κ2) is 4.80.